The highest BCUT2D eigenvalue weighted by atomic mass is 16.5. The molecule has 0 fully saturated rings. The molecule has 1 aromatic rings. The topological polar surface area (TPSA) is 61.8 Å². The maximum absolute atomic E-state index is 11.2. The number of aliphatic hydroxyl groups excluding tert-OH is 1. The lowest BCUT2D eigenvalue weighted by Gasteiger charge is -2.11. The Morgan fingerprint density at radius 3 is 2.50 bits per heavy atom. The van der Waals surface area contributed by atoms with Crippen molar-refractivity contribution >= 4 is 11.6 Å². The molecule has 1 unspecified atom stereocenters. The van der Waals surface area contributed by atoms with Crippen molar-refractivity contribution in [3.8, 4) is 5.75 Å². The van der Waals surface area contributed by atoms with Crippen molar-refractivity contribution < 1.29 is 14.6 Å². The summed E-state index contributed by atoms with van der Waals surface area (Å²) in [6.07, 6.45) is -1.01. The maximum atomic E-state index is 11.2. The summed E-state index contributed by atoms with van der Waals surface area (Å²) in [6, 6.07) is 7.05. The Hall–Kier alpha value is -1.59. The Morgan fingerprint density at radius 1 is 1.39 bits per heavy atom. The van der Waals surface area contributed by atoms with Crippen LogP contribution < -0.4 is 10.1 Å². The second-order valence-corrected chi connectivity index (χ2v) is 4.34. The van der Waals surface area contributed by atoms with Crippen LogP contribution in [-0.2, 0) is 4.79 Å². The minimum atomic E-state index is -1.01. The van der Waals surface area contributed by atoms with Crippen molar-refractivity contribution in [1.82, 2.24) is 4.90 Å². The average molecular weight is 252 g/mol. The lowest BCUT2D eigenvalue weighted by molar-refractivity contribution is -0.123. The normalized spacial score (nSPS) is 12.3. The van der Waals surface area contributed by atoms with E-state index in [9.17, 15) is 4.79 Å². The van der Waals surface area contributed by atoms with E-state index < -0.39 is 12.0 Å². The summed E-state index contributed by atoms with van der Waals surface area (Å²) < 4.78 is 5.52. The van der Waals surface area contributed by atoms with Crippen molar-refractivity contribution in [2.75, 3.05) is 32.6 Å². The number of anilines is 1. The minimum Gasteiger partial charge on any atom is -0.492 e. The van der Waals surface area contributed by atoms with E-state index in [1.54, 1.807) is 24.3 Å². The Balaban J connectivity index is 2.45. The van der Waals surface area contributed by atoms with Crippen LogP contribution in [0.1, 0.15) is 6.92 Å². The molecule has 0 aromatic heterocycles. The number of ether oxygens (including phenoxy) is 1. The molecule has 0 spiro atoms. The zero-order valence-corrected chi connectivity index (χ0v) is 11.0. The van der Waals surface area contributed by atoms with E-state index in [0.717, 1.165) is 12.3 Å². The second kappa shape index (κ2) is 6.98. The molecule has 5 heteroatoms. The first kappa shape index (κ1) is 14.5. The number of benzene rings is 1. The highest BCUT2D eigenvalue weighted by Crippen LogP contribution is 2.15. The van der Waals surface area contributed by atoms with Crippen molar-refractivity contribution in [3.05, 3.63) is 24.3 Å². The number of nitrogens with one attached hydrogen (secondary N) is 1. The van der Waals surface area contributed by atoms with Gasteiger partial charge in [0.1, 0.15) is 18.5 Å². The van der Waals surface area contributed by atoms with E-state index in [-0.39, 0.29) is 0 Å². The molecule has 5 nitrogen and oxygen atoms in total. The molecule has 0 heterocycles. The number of rotatable bonds is 6. The van der Waals surface area contributed by atoms with Crippen molar-refractivity contribution in [1.29, 1.82) is 0 Å². The molecule has 100 valence electrons. The van der Waals surface area contributed by atoms with Gasteiger partial charge in [0.25, 0.3) is 5.91 Å². The minimum absolute atomic E-state index is 0.420. The smallest absolute Gasteiger partial charge is 0.252 e. The fourth-order valence-electron chi connectivity index (χ4n) is 1.23. The lowest BCUT2D eigenvalue weighted by atomic mass is 10.3. The largest absolute Gasteiger partial charge is 0.492 e. The third-order valence-electron chi connectivity index (χ3n) is 2.31. The first-order valence-electron chi connectivity index (χ1n) is 5.85. The average Bonchev–Trinajstić information content (AvgIpc) is 2.30. The zero-order chi connectivity index (χ0) is 13.5. The summed E-state index contributed by atoms with van der Waals surface area (Å²) in [7, 11) is 3.97. The molecular weight excluding hydrogens is 232 g/mol. The monoisotopic (exact) mass is 252 g/mol. The Kier molecular flexibility index (Phi) is 5.61. The van der Waals surface area contributed by atoms with Crippen molar-refractivity contribution in [2.24, 2.45) is 0 Å². The summed E-state index contributed by atoms with van der Waals surface area (Å²) in [5.74, 6) is 0.336. The van der Waals surface area contributed by atoms with Crippen molar-refractivity contribution in [3.63, 3.8) is 0 Å². The molecule has 0 saturated carbocycles. The Morgan fingerprint density at radius 2 is 2.00 bits per heavy atom. The predicted octanol–water partition coefficient (Wildman–Crippen LogP) is 0.946. The van der Waals surface area contributed by atoms with E-state index in [1.807, 2.05) is 19.0 Å². The number of aliphatic hydroxyl groups is 1. The van der Waals surface area contributed by atoms with Gasteiger partial charge in [0.05, 0.1) is 0 Å². The van der Waals surface area contributed by atoms with Gasteiger partial charge in [0.2, 0.25) is 0 Å². The third kappa shape index (κ3) is 5.16. The van der Waals surface area contributed by atoms with Crippen molar-refractivity contribution in [2.45, 2.75) is 13.0 Å². The molecule has 0 aliphatic heterocycles. The van der Waals surface area contributed by atoms with Gasteiger partial charge < -0.3 is 20.1 Å². The Bertz CT molecular complexity index is 374. The van der Waals surface area contributed by atoms with E-state index in [0.29, 0.717) is 12.3 Å². The van der Waals surface area contributed by atoms with Crippen LogP contribution in [0.5, 0.6) is 5.75 Å². The first-order chi connectivity index (χ1) is 8.49. The molecule has 0 bridgehead atoms. The predicted molar refractivity (Wildman–Crippen MR) is 70.8 cm³/mol. The summed E-state index contributed by atoms with van der Waals surface area (Å²) in [6.45, 7) is 2.89. The molecule has 1 atom stereocenters. The highest BCUT2D eigenvalue weighted by Gasteiger charge is 2.08. The van der Waals surface area contributed by atoms with Crippen LogP contribution >= 0.6 is 0 Å². The molecule has 1 aromatic carbocycles. The van der Waals surface area contributed by atoms with Gasteiger partial charge in [0.15, 0.2) is 0 Å². The molecule has 0 aliphatic carbocycles. The molecule has 0 aliphatic rings. The van der Waals surface area contributed by atoms with E-state index in [4.69, 9.17) is 9.84 Å². The molecule has 2 N–H and O–H groups in total. The third-order valence-corrected chi connectivity index (χ3v) is 2.31. The summed E-state index contributed by atoms with van der Waals surface area (Å²) in [5, 5.41) is 11.7. The molecule has 18 heavy (non-hydrogen) atoms. The molecule has 0 saturated heterocycles. The van der Waals surface area contributed by atoms with Crippen LogP contribution in [0.3, 0.4) is 0 Å². The summed E-state index contributed by atoms with van der Waals surface area (Å²) in [4.78, 5) is 13.3. The van der Waals surface area contributed by atoms with Crippen LogP contribution in [-0.4, -0.2) is 49.3 Å². The van der Waals surface area contributed by atoms with Crippen LogP contribution in [0.25, 0.3) is 0 Å². The standard InChI is InChI=1S/C13H20N2O3/c1-10(16)13(17)14-11-4-6-12(7-5-11)18-9-8-15(2)3/h4-7,10,16H,8-9H2,1-3H3,(H,14,17). The molecule has 1 rings (SSSR count). The quantitative estimate of drug-likeness (QED) is 0.791. The van der Waals surface area contributed by atoms with Gasteiger partial charge >= 0.3 is 0 Å². The van der Waals surface area contributed by atoms with Gasteiger partial charge in [-0.15, -0.1) is 0 Å². The number of likely N-dealkylation sites (N-methyl/N-ethyl adjacent to an activating group) is 1. The molecule has 1 amide bonds. The van der Waals surface area contributed by atoms with Crippen LogP contribution in [0, 0.1) is 0 Å². The lowest BCUT2D eigenvalue weighted by Crippen LogP contribution is -2.24. The van der Waals surface area contributed by atoms with Gasteiger partial charge in [-0.1, -0.05) is 0 Å². The first-order valence-corrected chi connectivity index (χ1v) is 5.85. The van der Waals surface area contributed by atoms with Gasteiger partial charge in [-0.3, -0.25) is 4.79 Å². The van der Waals surface area contributed by atoms with Gasteiger partial charge in [-0.25, -0.2) is 0 Å². The summed E-state index contributed by atoms with van der Waals surface area (Å²) >= 11 is 0. The number of hydrogen-bond acceptors (Lipinski definition) is 4. The number of hydrogen-bond donors (Lipinski definition) is 2. The SMILES string of the molecule is CC(O)C(=O)Nc1ccc(OCCN(C)C)cc1. The van der Waals surface area contributed by atoms with Crippen LogP contribution in [0.15, 0.2) is 24.3 Å². The number of carbonyl (C=O) groups is 1. The fraction of sp³-hybridized carbons (Fsp3) is 0.462. The number of nitrogens with zero attached hydrogens (tertiary/aromatic N) is 1. The maximum Gasteiger partial charge on any atom is 0.252 e. The van der Waals surface area contributed by atoms with E-state index in [1.165, 1.54) is 6.92 Å². The van der Waals surface area contributed by atoms with Crippen LogP contribution in [0.2, 0.25) is 0 Å². The van der Waals surface area contributed by atoms with E-state index in [2.05, 4.69) is 5.32 Å². The van der Waals surface area contributed by atoms with E-state index >= 15 is 0 Å². The van der Waals surface area contributed by atoms with Gasteiger partial charge in [-0.05, 0) is 45.3 Å². The second-order valence-electron chi connectivity index (χ2n) is 4.34. The molecular formula is C13H20N2O3. The van der Waals surface area contributed by atoms with Gasteiger partial charge in [-0.2, -0.15) is 0 Å². The number of carbonyl (C=O) groups excluding carboxylic acids is 1. The highest BCUT2D eigenvalue weighted by molar-refractivity contribution is 5.93. The van der Waals surface area contributed by atoms with Crippen LogP contribution in [0.4, 0.5) is 5.69 Å². The molecule has 0 radical (unpaired) electrons. The van der Waals surface area contributed by atoms with Gasteiger partial charge in [0, 0.05) is 12.2 Å². The Labute approximate surface area is 107 Å². The summed E-state index contributed by atoms with van der Waals surface area (Å²) in [5.41, 5.74) is 0.640. The fourth-order valence-corrected chi connectivity index (χ4v) is 1.23. The number of amides is 1. The zero-order valence-electron chi connectivity index (χ0n) is 11.0.